The highest BCUT2D eigenvalue weighted by Crippen LogP contribution is 2.38. The van der Waals surface area contributed by atoms with Crippen LogP contribution in [0.2, 0.25) is 0 Å². The minimum absolute atomic E-state index is 0.00972. The molecule has 0 saturated heterocycles. The van der Waals surface area contributed by atoms with Crippen LogP contribution in [0.4, 0.5) is 9.59 Å². The van der Waals surface area contributed by atoms with Crippen molar-refractivity contribution in [1.29, 1.82) is 0 Å². The van der Waals surface area contributed by atoms with Gasteiger partial charge in [0.25, 0.3) is 0 Å². The van der Waals surface area contributed by atoms with Gasteiger partial charge in [-0.2, -0.15) is 0 Å². The van der Waals surface area contributed by atoms with Crippen molar-refractivity contribution < 1.29 is 29.3 Å². The van der Waals surface area contributed by atoms with Crippen LogP contribution in [0.5, 0.6) is 0 Å². The summed E-state index contributed by atoms with van der Waals surface area (Å²) in [6, 6.07) is 12.0. The van der Waals surface area contributed by atoms with Crippen LogP contribution in [0.15, 0.2) is 36.4 Å². The van der Waals surface area contributed by atoms with E-state index in [-0.39, 0.29) is 25.4 Å². The Balaban J connectivity index is 0.000000230. The smallest absolute Gasteiger partial charge is 0.411 e. The summed E-state index contributed by atoms with van der Waals surface area (Å²) in [6.45, 7) is 20.7. The number of hydrogen-bond acceptors (Lipinski definition) is 6. The van der Waals surface area contributed by atoms with Crippen molar-refractivity contribution in [2.75, 3.05) is 13.1 Å². The summed E-state index contributed by atoms with van der Waals surface area (Å²) < 4.78 is 11.0. The van der Waals surface area contributed by atoms with Crippen LogP contribution >= 0.6 is 0 Å². The molecule has 4 rings (SSSR count). The molecule has 0 spiro atoms. The Labute approximate surface area is 251 Å². The molecule has 2 heterocycles. The lowest BCUT2D eigenvalue weighted by molar-refractivity contribution is -0.00151. The minimum Gasteiger partial charge on any atom is -0.444 e. The summed E-state index contributed by atoms with van der Waals surface area (Å²) in [6.07, 6.45) is 1.05. The third-order valence-electron chi connectivity index (χ3n) is 7.82. The average Bonchev–Trinajstić information content (AvgIpc) is 2.86. The van der Waals surface area contributed by atoms with Crippen molar-refractivity contribution in [3.63, 3.8) is 0 Å². The van der Waals surface area contributed by atoms with Crippen LogP contribution in [0.1, 0.15) is 103 Å². The second kappa shape index (κ2) is 12.3. The number of hydrogen-bond donors (Lipinski definition) is 2. The number of rotatable bonds is 2. The van der Waals surface area contributed by atoms with Crippen LogP contribution in [0.3, 0.4) is 0 Å². The molecule has 0 radical (unpaired) electrons. The lowest BCUT2D eigenvalue weighted by Crippen LogP contribution is -2.51. The van der Waals surface area contributed by atoms with Gasteiger partial charge in [-0.05, 0) is 115 Å². The van der Waals surface area contributed by atoms with Crippen LogP contribution in [0.25, 0.3) is 0 Å². The molecule has 232 valence electrons. The monoisotopic (exact) mass is 582 g/mol. The molecule has 0 saturated carbocycles. The molecule has 2 N–H and O–H groups in total. The third kappa shape index (κ3) is 7.64. The maximum absolute atomic E-state index is 12.4. The summed E-state index contributed by atoms with van der Waals surface area (Å²) in [5.74, 6) is 0. The molecule has 0 fully saturated rings. The van der Waals surface area contributed by atoms with Gasteiger partial charge in [0.1, 0.15) is 11.2 Å². The van der Waals surface area contributed by atoms with Crippen molar-refractivity contribution >= 4 is 12.2 Å². The van der Waals surface area contributed by atoms with Gasteiger partial charge in [-0.3, -0.25) is 9.80 Å². The van der Waals surface area contributed by atoms with E-state index in [0.29, 0.717) is 13.1 Å². The quantitative estimate of drug-likeness (QED) is 0.424. The Kier molecular flexibility index (Phi) is 9.74. The Morgan fingerprint density at radius 3 is 1.31 bits per heavy atom. The summed E-state index contributed by atoms with van der Waals surface area (Å²) in [7, 11) is 0. The molecule has 0 bridgehead atoms. The first-order chi connectivity index (χ1) is 19.3. The molecule has 2 aromatic carbocycles. The van der Waals surface area contributed by atoms with Gasteiger partial charge in [0.05, 0.1) is 24.3 Å². The molecule has 0 aromatic heterocycles. The number of aliphatic hydroxyl groups is 2. The van der Waals surface area contributed by atoms with Crippen molar-refractivity contribution in [2.45, 2.75) is 118 Å². The van der Waals surface area contributed by atoms with Crippen molar-refractivity contribution in [3.05, 3.63) is 69.8 Å². The molecule has 42 heavy (non-hydrogen) atoms. The zero-order chi connectivity index (χ0) is 31.7. The minimum atomic E-state index is -0.500. The fourth-order valence-corrected chi connectivity index (χ4v) is 5.61. The lowest BCUT2D eigenvalue weighted by atomic mass is 9.82. The van der Waals surface area contributed by atoms with Gasteiger partial charge in [-0.1, -0.05) is 36.4 Å². The topological polar surface area (TPSA) is 99.5 Å². The second-order valence-corrected chi connectivity index (χ2v) is 14.2. The largest absolute Gasteiger partial charge is 0.444 e. The third-order valence-corrected chi connectivity index (χ3v) is 7.82. The Hall–Kier alpha value is -3.10. The van der Waals surface area contributed by atoms with Crippen LogP contribution < -0.4 is 0 Å². The van der Waals surface area contributed by atoms with Crippen LogP contribution in [-0.2, 0) is 46.6 Å². The molecular weight excluding hydrogens is 532 g/mol. The van der Waals surface area contributed by atoms with Crippen LogP contribution in [0, 0.1) is 0 Å². The van der Waals surface area contributed by atoms with Crippen LogP contribution in [-0.4, -0.2) is 56.5 Å². The molecule has 2 amide bonds. The van der Waals surface area contributed by atoms with Gasteiger partial charge < -0.3 is 19.7 Å². The second-order valence-electron chi connectivity index (χ2n) is 14.2. The SMILES string of the molecule is CC(C)(C)OC(=O)N1CCc2ccc(CO)cc2C1(C)C.CC(C)(C)OC(=O)N1CCc2ccc(CO)cc2C1(C)C. The maximum Gasteiger partial charge on any atom is 0.411 e. The zero-order valence-corrected chi connectivity index (χ0v) is 27.1. The zero-order valence-electron chi connectivity index (χ0n) is 27.1. The molecule has 2 aliphatic rings. The van der Waals surface area contributed by atoms with E-state index in [4.69, 9.17) is 9.47 Å². The predicted molar refractivity (Wildman–Crippen MR) is 164 cm³/mol. The Morgan fingerprint density at radius 1 is 0.690 bits per heavy atom. The summed E-state index contributed by atoms with van der Waals surface area (Å²) in [4.78, 5) is 28.5. The number of nitrogens with zero attached hydrogens (tertiary/aromatic N) is 2. The van der Waals surface area contributed by atoms with E-state index < -0.39 is 22.3 Å². The van der Waals surface area contributed by atoms with E-state index in [1.54, 1.807) is 9.80 Å². The van der Waals surface area contributed by atoms with Crippen molar-refractivity contribution in [1.82, 2.24) is 9.80 Å². The Morgan fingerprint density at radius 2 is 1.02 bits per heavy atom. The van der Waals surface area contributed by atoms with E-state index in [1.807, 2.05) is 93.5 Å². The fraction of sp³-hybridized carbons (Fsp3) is 0.588. The van der Waals surface area contributed by atoms with E-state index >= 15 is 0 Å². The number of carbonyl (C=O) groups is 2. The predicted octanol–water partition coefficient (Wildman–Crippen LogP) is 6.41. The first-order valence-corrected chi connectivity index (χ1v) is 14.8. The normalized spacial score (nSPS) is 17.3. The average molecular weight is 583 g/mol. The highest BCUT2D eigenvalue weighted by Gasteiger charge is 2.40. The van der Waals surface area contributed by atoms with E-state index in [1.165, 1.54) is 11.1 Å². The summed E-state index contributed by atoms with van der Waals surface area (Å²) in [5, 5.41) is 18.7. The van der Waals surface area contributed by atoms with Crippen molar-refractivity contribution in [2.24, 2.45) is 0 Å². The van der Waals surface area contributed by atoms with Gasteiger partial charge in [0, 0.05) is 13.1 Å². The number of benzene rings is 2. The Bertz CT molecular complexity index is 1190. The maximum atomic E-state index is 12.4. The fourth-order valence-electron chi connectivity index (χ4n) is 5.61. The number of amides is 2. The van der Waals surface area contributed by atoms with Crippen molar-refractivity contribution in [3.8, 4) is 0 Å². The number of fused-ring (bicyclic) bond motifs is 2. The van der Waals surface area contributed by atoms with Gasteiger partial charge in [-0.25, -0.2) is 9.59 Å². The lowest BCUT2D eigenvalue weighted by Gasteiger charge is -2.44. The molecule has 0 aliphatic carbocycles. The molecule has 2 aliphatic heterocycles. The number of ether oxygens (including phenoxy) is 2. The molecular formula is C34H50N2O6. The highest BCUT2D eigenvalue weighted by atomic mass is 16.6. The van der Waals surface area contributed by atoms with E-state index in [9.17, 15) is 19.8 Å². The number of aliphatic hydroxyl groups excluding tert-OH is 2. The first-order valence-electron chi connectivity index (χ1n) is 14.8. The molecule has 8 heteroatoms. The summed E-state index contributed by atoms with van der Waals surface area (Å²) >= 11 is 0. The highest BCUT2D eigenvalue weighted by molar-refractivity contribution is 5.71. The first kappa shape index (κ1) is 33.4. The number of carbonyl (C=O) groups excluding carboxylic acids is 2. The van der Waals surface area contributed by atoms with Gasteiger partial charge in [-0.15, -0.1) is 0 Å². The van der Waals surface area contributed by atoms with Gasteiger partial charge >= 0.3 is 12.2 Å². The van der Waals surface area contributed by atoms with E-state index in [0.717, 1.165) is 35.1 Å². The van der Waals surface area contributed by atoms with E-state index in [2.05, 4.69) is 12.1 Å². The van der Waals surface area contributed by atoms with Gasteiger partial charge in [0.15, 0.2) is 0 Å². The standard InChI is InChI=1S/2C17H25NO3/c2*1-16(2,3)21-15(20)18-9-8-13-7-6-12(11-19)10-14(13)17(18,4)5/h2*6-7,10,19H,8-9,11H2,1-5H3. The molecule has 0 atom stereocenters. The molecule has 8 nitrogen and oxygen atoms in total. The molecule has 2 aromatic rings. The molecule has 0 unspecified atom stereocenters. The van der Waals surface area contributed by atoms with Gasteiger partial charge in [0.2, 0.25) is 0 Å². The summed E-state index contributed by atoms with van der Waals surface area (Å²) in [5.41, 5.74) is 4.50.